The summed E-state index contributed by atoms with van der Waals surface area (Å²) in [7, 11) is 0. The maximum Gasteiger partial charge on any atom is 0.319 e. The van der Waals surface area contributed by atoms with Crippen LogP contribution in [0.5, 0.6) is 0 Å². The smallest absolute Gasteiger partial charge is 0.319 e. The normalized spacial score (nSPS) is 10.1. The van der Waals surface area contributed by atoms with Crippen LogP contribution >= 0.6 is 11.8 Å². The van der Waals surface area contributed by atoms with E-state index >= 15 is 0 Å². The number of anilines is 1. The Morgan fingerprint density at radius 2 is 1.74 bits per heavy atom. The van der Waals surface area contributed by atoms with Gasteiger partial charge in [0.15, 0.2) is 0 Å². The number of carbonyl (C=O) groups excluding carboxylic acids is 2. The first kappa shape index (κ1) is 20.3. The molecule has 0 aromatic heterocycles. The topological polar surface area (TPSA) is 94.0 Å². The fourth-order valence-corrected chi connectivity index (χ4v) is 2.89. The molecule has 0 aliphatic heterocycles. The number of hydrogen-bond acceptors (Lipinski definition) is 4. The number of thioether (sulfide) groups is 1. The van der Waals surface area contributed by atoms with E-state index in [4.69, 9.17) is 5.26 Å². The molecule has 27 heavy (non-hydrogen) atoms. The molecule has 0 heterocycles. The van der Waals surface area contributed by atoms with E-state index in [1.54, 1.807) is 24.3 Å². The summed E-state index contributed by atoms with van der Waals surface area (Å²) in [6.45, 7) is 4.21. The van der Waals surface area contributed by atoms with Gasteiger partial charge in [0.05, 0.1) is 17.4 Å². The summed E-state index contributed by atoms with van der Waals surface area (Å²) in [4.78, 5) is 24.6. The molecule has 140 valence electrons. The first-order valence-corrected chi connectivity index (χ1v) is 9.51. The summed E-state index contributed by atoms with van der Waals surface area (Å²) in [6.07, 6.45) is 0. The highest BCUT2D eigenvalue weighted by Crippen LogP contribution is 2.18. The number of hydrogen-bond donors (Lipinski definition) is 3. The molecule has 0 aliphatic carbocycles. The number of nitriles is 1. The Morgan fingerprint density at radius 1 is 1.07 bits per heavy atom. The zero-order valence-electron chi connectivity index (χ0n) is 15.3. The van der Waals surface area contributed by atoms with Crippen molar-refractivity contribution in [3.8, 4) is 6.07 Å². The van der Waals surface area contributed by atoms with Crippen LogP contribution in [0, 0.1) is 11.3 Å². The van der Waals surface area contributed by atoms with Crippen molar-refractivity contribution in [3.05, 3.63) is 59.7 Å². The van der Waals surface area contributed by atoms with Crippen LogP contribution in [0.15, 0.2) is 53.4 Å². The fourth-order valence-electron chi connectivity index (χ4n) is 2.16. The molecule has 6 nitrogen and oxygen atoms in total. The van der Waals surface area contributed by atoms with E-state index in [1.807, 2.05) is 38.1 Å². The minimum Gasteiger partial charge on any atom is -0.351 e. The van der Waals surface area contributed by atoms with Gasteiger partial charge in [0.1, 0.15) is 0 Å². The molecule has 0 aliphatic rings. The number of nitrogens with one attached hydrogen (secondary N) is 3. The Kier molecular flexibility index (Phi) is 7.71. The second-order valence-electron chi connectivity index (χ2n) is 6.15. The molecular weight excluding hydrogens is 360 g/mol. The third-order valence-electron chi connectivity index (χ3n) is 3.47. The first-order valence-electron chi connectivity index (χ1n) is 8.52. The molecule has 0 fully saturated rings. The van der Waals surface area contributed by atoms with Crippen LogP contribution in [-0.4, -0.2) is 23.7 Å². The minimum atomic E-state index is -0.245. The van der Waals surface area contributed by atoms with Crippen molar-refractivity contribution >= 4 is 29.4 Å². The SMILES string of the molecule is CC(C)NC(=O)Nc1ccc(CNC(=O)CSc2ccc(C#N)cc2)cc1. The van der Waals surface area contributed by atoms with E-state index < -0.39 is 0 Å². The molecule has 0 atom stereocenters. The van der Waals surface area contributed by atoms with Crippen molar-refractivity contribution in [1.29, 1.82) is 5.26 Å². The average molecular weight is 382 g/mol. The predicted molar refractivity (Wildman–Crippen MR) is 107 cm³/mol. The Morgan fingerprint density at radius 3 is 2.33 bits per heavy atom. The number of carbonyl (C=O) groups is 2. The van der Waals surface area contributed by atoms with Crippen molar-refractivity contribution in [2.75, 3.05) is 11.1 Å². The molecule has 7 heteroatoms. The summed E-state index contributed by atoms with van der Waals surface area (Å²) >= 11 is 1.42. The highest BCUT2D eigenvalue weighted by molar-refractivity contribution is 8.00. The lowest BCUT2D eigenvalue weighted by atomic mass is 10.2. The van der Waals surface area contributed by atoms with Crippen LogP contribution in [0.1, 0.15) is 25.0 Å². The molecule has 3 N–H and O–H groups in total. The lowest BCUT2D eigenvalue weighted by Crippen LogP contribution is -2.34. The standard InChI is InChI=1S/C20H22N4O2S/c1-14(2)23-20(26)24-17-7-3-16(4-8-17)12-22-19(25)13-27-18-9-5-15(11-21)6-10-18/h3-10,14H,12-13H2,1-2H3,(H,22,25)(H2,23,24,26). The second kappa shape index (κ2) is 10.2. The Bertz CT molecular complexity index is 811. The first-order chi connectivity index (χ1) is 13.0. The molecule has 0 radical (unpaired) electrons. The maximum absolute atomic E-state index is 12.0. The summed E-state index contributed by atoms with van der Waals surface area (Å²) in [5.41, 5.74) is 2.24. The molecule has 2 rings (SSSR count). The van der Waals surface area contributed by atoms with Crippen molar-refractivity contribution in [2.24, 2.45) is 0 Å². The van der Waals surface area contributed by atoms with Gasteiger partial charge in [0, 0.05) is 23.2 Å². The van der Waals surface area contributed by atoms with Gasteiger partial charge in [-0.05, 0) is 55.8 Å². The average Bonchev–Trinajstić information content (AvgIpc) is 2.65. The highest BCUT2D eigenvalue weighted by atomic mass is 32.2. The Labute approximate surface area is 163 Å². The predicted octanol–water partition coefficient (Wildman–Crippen LogP) is 3.50. The summed E-state index contributed by atoms with van der Waals surface area (Å²) in [5.74, 6) is 0.240. The van der Waals surface area contributed by atoms with Gasteiger partial charge in [-0.3, -0.25) is 4.79 Å². The van der Waals surface area contributed by atoms with Gasteiger partial charge in [-0.25, -0.2) is 4.79 Å². The van der Waals surface area contributed by atoms with Gasteiger partial charge in [-0.2, -0.15) is 5.26 Å². The van der Waals surface area contributed by atoms with Crippen molar-refractivity contribution in [1.82, 2.24) is 10.6 Å². The zero-order valence-corrected chi connectivity index (χ0v) is 16.1. The van der Waals surface area contributed by atoms with Gasteiger partial charge < -0.3 is 16.0 Å². The van der Waals surface area contributed by atoms with Gasteiger partial charge in [-0.15, -0.1) is 11.8 Å². The molecule has 3 amide bonds. The van der Waals surface area contributed by atoms with Crippen LogP contribution in [0.4, 0.5) is 10.5 Å². The molecule has 0 saturated heterocycles. The minimum absolute atomic E-state index is 0.0668. The number of nitrogens with zero attached hydrogens (tertiary/aromatic N) is 1. The number of benzene rings is 2. The van der Waals surface area contributed by atoms with Crippen LogP contribution in [0.3, 0.4) is 0 Å². The third kappa shape index (κ3) is 7.42. The fraction of sp³-hybridized carbons (Fsp3) is 0.250. The Hall–Kier alpha value is -2.98. The molecule has 0 bridgehead atoms. The van der Waals surface area contributed by atoms with Gasteiger partial charge in [0.25, 0.3) is 0 Å². The number of rotatable bonds is 7. The van der Waals surface area contributed by atoms with Crippen molar-refractivity contribution in [3.63, 3.8) is 0 Å². The lowest BCUT2D eigenvalue weighted by Gasteiger charge is -2.11. The van der Waals surface area contributed by atoms with E-state index in [0.717, 1.165) is 10.5 Å². The largest absolute Gasteiger partial charge is 0.351 e. The monoisotopic (exact) mass is 382 g/mol. The second-order valence-corrected chi connectivity index (χ2v) is 7.20. The van der Waals surface area contributed by atoms with E-state index in [1.165, 1.54) is 11.8 Å². The number of amides is 3. The summed E-state index contributed by atoms with van der Waals surface area (Å²) in [6, 6.07) is 16.3. The molecule has 2 aromatic carbocycles. The molecule has 2 aromatic rings. The van der Waals surface area contributed by atoms with Gasteiger partial charge >= 0.3 is 6.03 Å². The molecule has 0 unspecified atom stereocenters. The van der Waals surface area contributed by atoms with Crippen LogP contribution in [-0.2, 0) is 11.3 Å². The van der Waals surface area contributed by atoms with E-state index in [-0.39, 0.29) is 18.0 Å². The lowest BCUT2D eigenvalue weighted by molar-refractivity contribution is -0.118. The quantitative estimate of drug-likeness (QED) is 0.639. The highest BCUT2D eigenvalue weighted by Gasteiger charge is 2.05. The zero-order chi connectivity index (χ0) is 19.6. The third-order valence-corrected chi connectivity index (χ3v) is 4.49. The van der Waals surface area contributed by atoms with E-state index in [2.05, 4.69) is 22.0 Å². The van der Waals surface area contributed by atoms with Crippen LogP contribution in [0.2, 0.25) is 0 Å². The molecule has 0 spiro atoms. The molecular formula is C20H22N4O2S. The maximum atomic E-state index is 12.0. The van der Waals surface area contributed by atoms with Crippen LogP contribution < -0.4 is 16.0 Å². The summed E-state index contributed by atoms with van der Waals surface area (Å²) in [5, 5.41) is 17.1. The summed E-state index contributed by atoms with van der Waals surface area (Å²) < 4.78 is 0. The van der Waals surface area contributed by atoms with Crippen LogP contribution in [0.25, 0.3) is 0 Å². The molecule has 0 saturated carbocycles. The van der Waals surface area contributed by atoms with Crippen molar-refractivity contribution < 1.29 is 9.59 Å². The van der Waals surface area contributed by atoms with E-state index in [0.29, 0.717) is 23.5 Å². The van der Waals surface area contributed by atoms with Gasteiger partial charge in [0.2, 0.25) is 5.91 Å². The van der Waals surface area contributed by atoms with E-state index in [9.17, 15) is 9.59 Å². The number of urea groups is 1. The van der Waals surface area contributed by atoms with Crippen molar-refractivity contribution in [2.45, 2.75) is 31.3 Å². The Balaban J connectivity index is 1.74. The van der Waals surface area contributed by atoms with Gasteiger partial charge in [-0.1, -0.05) is 12.1 Å².